The number of hydrogen-bond acceptors (Lipinski definition) is 3. The van der Waals surface area contributed by atoms with Crippen LogP contribution in [0.25, 0.3) is 0 Å². The monoisotopic (exact) mass is 318 g/mol. The van der Waals surface area contributed by atoms with Gasteiger partial charge >= 0.3 is 0 Å². The van der Waals surface area contributed by atoms with Gasteiger partial charge in [-0.2, -0.15) is 0 Å². The zero-order chi connectivity index (χ0) is 13.9. The second-order valence-electron chi connectivity index (χ2n) is 5.37. The molecule has 1 aliphatic rings. The molecule has 4 nitrogen and oxygen atoms in total. The van der Waals surface area contributed by atoms with Crippen molar-refractivity contribution in [1.29, 1.82) is 0 Å². The smallest absolute Gasteiger partial charge is 0.212 e. The third kappa shape index (κ3) is 4.74. The Morgan fingerprint density at radius 2 is 2.00 bits per heavy atom. The first-order valence-corrected chi connectivity index (χ1v) is 8.39. The number of primary sulfonamides is 1. The third-order valence-electron chi connectivity index (χ3n) is 3.85. The van der Waals surface area contributed by atoms with Crippen molar-refractivity contribution in [2.24, 2.45) is 5.14 Å². The zero-order valence-electron chi connectivity index (χ0n) is 11.7. The zero-order valence-corrected chi connectivity index (χ0v) is 13.3. The highest BCUT2D eigenvalue weighted by molar-refractivity contribution is 7.89. The van der Waals surface area contributed by atoms with Crippen molar-refractivity contribution in [2.75, 3.05) is 13.1 Å². The normalized spacial score (nSPS) is 18.3. The minimum atomic E-state index is -3.45. The molecule has 1 unspecified atom stereocenters. The summed E-state index contributed by atoms with van der Waals surface area (Å²) in [6.45, 7) is 3.78. The van der Waals surface area contributed by atoms with Gasteiger partial charge in [-0.3, -0.25) is 0 Å². The molecule has 0 bridgehead atoms. The molecule has 20 heavy (non-hydrogen) atoms. The molecule has 0 spiro atoms. The number of rotatable bonds is 4. The Bertz CT molecular complexity index is 528. The van der Waals surface area contributed by atoms with E-state index in [1.807, 2.05) is 12.1 Å². The van der Waals surface area contributed by atoms with Gasteiger partial charge < -0.3 is 5.32 Å². The van der Waals surface area contributed by atoms with Gasteiger partial charge in [0.15, 0.2) is 0 Å². The van der Waals surface area contributed by atoms with E-state index in [0.717, 1.165) is 31.5 Å². The fraction of sp³-hybridized carbons (Fsp3) is 0.571. The Hall–Kier alpha value is -0.620. The Morgan fingerprint density at radius 1 is 1.35 bits per heavy atom. The largest absolute Gasteiger partial charge is 0.317 e. The lowest BCUT2D eigenvalue weighted by Crippen LogP contribution is -2.28. The Balaban J connectivity index is 0.00000200. The van der Waals surface area contributed by atoms with E-state index in [9.17, 15) is 8.42 Å². The van der Waals surface area contributed by atoms with Crippen molar-refractivity contribution in [3.05, 3.63) is 35.4 Å². The van der Waals surface area contributed by atoms with E-state index in [1.54, 1.807) is 6.92 Å². The van der Waals surface area contributed by atoms with E-state index in [2.05, 4.69) is 17.4 Å². The van der Waals surface area contributed by atoms with Crippen molar-refractivity contribution in [1.82, 2.24) is 5.32 Å². The van der Waals surface area contributed by atoms with E-state index in [4.69, 9.17) is 5.14 Å². The number of sulfonamides is 1. The first kappa shape index (κ1) is 17.4. The molecule has 1 saturated heterocycles. The molecule has 1 heterocycles. The minimum Gasteiger partial charge on any atom is -0.317 e. The number of piperidine rings is 1. The van der Waals surface area contributed by atoms with Crippen LogP contribution in [-0.2, 0) is 16.4 Å². The molecule has 1 aromatic rings. The van der Waals surface area contributed by atoms with Crippen LogP contribution < -0.4 is 10.5 Å². The molecule has 2 rings (SSSR count). The van der Waals surface area contributed by atoms with E-state index in [0.29, 0.717) is 12.3 Å². The number of halogens is 1. The lowest BCUT2D eigenvalue weighted by molar-refractivity contribution is 0.460. The van der Waals surface area contributed by atoms with Crippen molar-refractivity contribution < 1.29 is 8.42 Å². The summed E-state index contributed by atoms with van der Waals surface area (Å²) in [6, 6.07) is 8.27. The molecule has 1 atom stereocenters. The summed E-state index contributed by atoms with van der Waals surface area (Å²) in [4.78, 5) is 0. The molecule has 6 heteroatoms. The SMILES string of the molecule is CC(Cc1cccc(C2CCNCC2)c1)S(N)(=O)=O.Cl. The summed E-state index contributed by atoms with van der Waals surface area (Å²) in [5.41, 5.74) is 2.37. The standard InChI is InChI=1S/C14H22N2O2S.ClH/c1-11(19(15,17)18)9-12-3-2-4-14(10-12)13-5-7-16-8-6-13;/h2-4,10-11,13,16H,5-9H2,1H3,(H2,15,17,18);1H. The van der Waals surface area contributed by atoms with Gasteiger partial charge in [-0.25, -0.2) is 13.6 Å². The lowest BCUT2D eigenvalue weighted by Gasteiger charge is -2.23. The number of nitrogens with two attached hydrogens (primary N) is 1. The van der Waals surface area contributed by atoms with Crippen molar-refractivity contribution in [2.45, 2.75) is 37.4 Å². The molecule has 3 N–H and O–H groups in total. The molecule has 1 aromatic carbocycles. The number of benzene rings is 1. The summed E-state index contributed by atoms with van der Waals surface area (Å²) in [5, 5.41) is 8.00. The average Bonchev–Trinajstić information content (AvgIpc) is 2.39. The van der Waals surface area contributed by atoms with Crippen LogP contribution in [0.15, 0.2) is 24.3 Å². The first-order chi connectivity index (χ1) is 8.97. The molecule has 114 valence electrons. The van der Waals surface area contributed by atoms with Gasteiger partial charge in [-0.05, 0) is 56.3 Å². The van der Waals surface area contributed by atoms with Crippen LogP contribution in [-0.4, -0.2) is 26.8 Å². The maximum absolute atomic E-state index is 11.3. The topological polar surface area (TPSA) is 72.2 Å². The van der Waals surface area contributed by atoms with Gasteiger partial charge in [0.25, 0.3) is 0 Å². The maximum Gasteiger partial charge on any atom is 0.212 e. The van der Waals surface area contributed by atoms with E-state index in [-0.39, 0.29) is 12.4 Å². The van der Waals surface area contributed by atoms with Gasteiger partial charge in [0.2, 0.25) is 10.0 Å². The average molecular weight is 319 g/mol. The highest BCUT2D eigenvalue weighted by Gasteiger charge is 2.18. The molecular weight excluding hydrogens is 296 g/mol. The quantitative estimate of drug-likeness (QED) is 0.889. The van der Waals surface area contributed by atoms with Gasteiger partial charge in [0.1, 0.15) is 0 Å². The highest BCUT2D eigenvalue weighted by Crippen LogP contribution is 2.26. The second kappa shape index (κ2) is 7.41. The molecule has 1 aliphatic heterocycles. The molecule has 0 aliphatic carbocycles. The first-order valence-electron chi connectivity index (χ1n) is 6.78. The molecule has 1 fully saturated rings. The van der Waals surface area contributed by atoms with Crippen LogP contribution in [0.1, 0.15) is 36.8 Å². The van der Waals surface area contributed by atoms with Gasteiger partial charge in [0, 0.05) is 0 Å². The van der Waals surface area contributed by atoms with Crippen molar-refractivity contribution in [3.8, 4) is 0 Å². The van der Waals surface area contributed by atoms with Gasteiger partial charge in [-0.1, -0.05) is 24.3 Å². The van der Waals surface area contributed by atoms with Gasteiger partial charge in [-0.15, -0.1) is 12.4 Å². The fourth-order valence-electron chi connectivity index (χ4n) is 2.58. The van der Waals surface area contributed by atoms with Crippen LogP contribution in [0, 0.1) is 0 Å². The predicted molar refractivity (Wildman–Crippen MR) is 84.8 cm³/mol. The van der Waals surface area contributed by atoms with Crippen LogP contribution in [0.4, 0.5) is 0 Å². The molecule has 0 amide bonds. The van der Waals surface area contributed by atoms with Crippen LogP contribution in [0.2, 0.25) is 0 Å². The summed E-state index contributed by atoms with van der Waals surface area (Å²) < 4.78 is 22.6. The Kier molecular flexibility index (Phi) is 6.45. The van der Waals surface area contributed by atoms with Crippen molar-refractivity contribution in [3.63, 3.8) is 0 Å². The predicted octanol–water partition coefficient (Wildman–Crippen LogP) is 1.79. The number of nitrogens with one attached hydrogen (secondary N) is 1. The van der Waals surface area contributed by atoms with E-state index < -0.39 is 15.3 Å². The Labute approximate surface area is 127 Å². The summed E-state index contributed by atoms with van der Waals surface area (Å²) >= 11 is 0. The second-order valence-corrected chi connectivity index (χ2v) is 7.36. The van der Waals surface area contributed by atoms with E-state index in [1.165, 1.54) is 5.56 Å². The Morgan fingerprint density at radius 3 is 2.60 bits per heavy atom. The van der Waals surface area contributed by atoms with Crippen LogP contribution >= 0.6 is 12.4 Å². The molecule has 0 radical (unpaired) electrons. The molecule has 0 aromatic heterocycles. The molecular formula is C14H23ClN2O2S. The highest BCUT2D eigenvalue weighted by atomic mass is 35.5. The van der Waals surface area contributed by atoms with E-state index >= 15 is 0 Å². The lowest BCUT2D eigenvalue weighted by atomic mass is 9.89. The third-order valence-corrected chi connectivity index (χ3v) is 5.13. The maximum atomic E-state index is 11.3. The number of hydrogen-bond donors (Lipinski definition) is 2. The summed E-state index contributed by atoms with van der Waals surface area (Å²) in [7, 11) is -3.45. The molecule has 0 saturated carbocycles. The van der Waals surface area contributed by atoms with Crippen molar-refractivity contribution >= 4 is 22.4 Å². The summed E-state index contributed by atoms with van der Waals surface area (Å²) in [5.74, 6) is 0.589. The fourth-order valence-corrected chi connectivity index (χ4v) is 3.00. The minimum absolute atomic E-state index is 0. The summed E-state index contributed by atoms with van der Waals surface area (Å²) in [6.07, 6.45) is 2.78. The van der Waals surface area contributed by atoms with Crippen LogP contribution in [0.3, 0.4) is 0 Å². The van der Waals surface area contributed by atoms with Gasteiger partial charge in [0.05, 0.1) is 5.25 Å². The van der Waals surface area contributed by atoms with Crippen LogP contribution in [0.5, 0.6) is 0 Å².